The number of hydrogen-bond donors (Lipinski definition) is 0. The summed E-state index contributed by atoms with van der Waals surface area (Å²) in [6, 6.07) is 3.91. The van der Waals surface area contributed by atoms with Crippen LogP contribution in [0.25, 0.3) is 0 Å². The van der Waals surface area contributed by atoms with Crippen LogP contribution in [0.5, 0.6) is 0 Å². The van der Waals surface area contributed by atoms with Gasteiger partial charge in [0, 0.05) is 25.1 Å². The van der Waals surface area contributed by atoms with E-state index in [1.54, 1.807) is 0 Å². The van der Waals surface area contributed by atoms with Crippen molar-refractivity contribution in [2.24, 2.45) is 0 Å². The van der Waals surface area contributed by atoms with Crippen molar-refractivity contribution in [3.05, 3.63) is 23.3 Å². The smallest absolute Gasteiger partial charge is 0.192 e. The van der Waals surface area contributed by atoms with Gasteiger partial charge in [-0.3, -0.25) is 4.57 Å². The van der Waals surface area contributed by atoms with E-state index in [4.69, 9.17) is 0 Å². The maximum absolute atomic E-state index is 10.7. The Balaban J connectivity index is 3.31. The van der Waals surface area contributed by atoms with Crippen molar-refractivity contribution in [1.82, 2.24) is 0 Å². The van der Waals surface area contributed by atoms with Gasteiger partial charge in [-0.25, -0.2) is 0 Å². The summed E-state index contributed by atoms with van der Waals surface area (Å²) < 4.78 is 10.7. The quantitative estimate of drug-likeness (QED) is 0.675. The van der Waals surface area contributed by atoms with E-state index in [0.717, 1.165) is 5.30 Å². The average Bonchev–Trinajstić information content (AvgIpc) is 2.02. The van der Waals surface area contributed by atoms with Crippen LogP contribution in [0.3, 0.4) is 0 Å². The molecule has 0 amide bonds. The highest BCUT2D eigenvalue weighted by Crippen LogP contribution is 2.22. The van der Waals surface area contributed by atoms with Crippen molar-refractivity contribution in [2.75, 3.05) is 19.0 Å². The molecule has 0 aliphatic heterocycles. The molecule has 0 saturated heterocycles. The topological polar surface area (TPSA) is 20.3 Å². The number of aryl methyl sites for hydroxylation is 2. The van der Waals surface area contributed by atoms with Crippen molar-refractivity contribution in [3.63, 3.8) is 0 Å². The Morgan fingerprint density at radius 2 is 1.62 bits per heavy atom. The SMILES string of the molecule is Cc1cc(P=O)cc(C)c1N(C)C. The first-order chi connectivity index (χ1) is 6.06. The lowest BCUT2D eigenvalue weighted by atomic mass is 10.1. The number of hydrogen-bond acceptors (Lipinski definition) is 2. The first kappa shape index (κ1) is 10.2. The molecule has 0 N–H and O–H groups in total. The van der Waals surface area contributed by atoms with Crippen molar-refractivity contribution >= 4 is 19.5 Å². The molecule has 3 heteroatoms. The minimum absolute atomic E-state index is 0.0966. The van der Waals surface area contributed by atoms with Gasteiger partial charge in [-0.15, -0.1) is 0 Å². The zero-order chi connectivity index (χ0) is 10.0. The largest absolute Gasteiger partial charge is 0.377 e. The molecular formula is C10H14NOP. The minimum Gasteiger partial charge on any atom is -0.377 e. The molecule has 70 valence electrons. The van der Waals surface area contributed by atoms with Gasteiger partial charge in [0.15, 0.2) is 8.46 Å². The Hall–Kier alpha value is -0.880. The van der Waals surface area contributed by atoms with E-state index in [2.05, 4.69) is 4.90 Å². The summed E-state index contributed by atoms with van der Waals surface area (Å²) in [5.74, 6) is 0. The second kappa shape index (κ2) is 3.89. The van der Waals surface area contributed by atoms with E-state index in [9.17, 15) is 4.57 Å². The predicted octanol–water partition coefficient (Wildman–Crippen LogP) is 2.29. The van der Waals surface area contributed by atoms with E-state index < -0.39 is 0 Å². The summed E-state index contributed by atoms with van der Waals surface area (Å²) in [7, 11) is 4.13. The molecule has 0 aliphatic rings. The Kier molecular flexibility index (Phi) is 3.05. The zero-order valence-electron chi connectivity index (χ0n) is 8.46. The number of rotatable bonds is 2. The molecule has 0 unspecified atom stereocenters. The van der Waals surface area contributed by atoms with Crippen LogP contribution in [0.15, 0.2) is 12.1 Å². The van der Waals surface area contributed by atoms with Crippen LogP contribution >= 0.6 is 8.46 Å². The molecule has 0 saturated carbocycles. The molecule has 0 spiro atoms. The highest BCUT2D eigenvalue weighted by molar-refractivity contribution is 7.34. The molecule has 0 bridgehead atoms. The number of anilines is 1. The van der Waals surface area contributed by atoms with Crippen LogP contribution in [-0.4, -0.2) is 14.1 Å². The van der Waals surface area contributed by atoms with Gasteiger partial charge in [-0.2, -0.15) is 0 Å². The molecule has 0 heterocycles. The van der Waals surface area contributed by atoms with Crippen LogP contribution in [0.1, 0.15) is 11.1 Å². The molecule has 1 aromatic carbocycles. The summed E-state index contributed by atoms with van der Waals surface area (Å²) in [6.07, 6.45) is 0. The third kappa shape index (κ3) is 2.07. The maximum atomic E-state index is 10.7. The first-order valence-corrected chi connectivity index (χ1v) is 4.99. The molecule has 0 aromatic heterocycles. The fourth-order valence-corrected chi connectivity index (χ4v) is 2.18. The van der Waals surface area contributed by atoms with Gasteiger partial charge in [-0.05, 0) is 37.1 Å². The van der Waals surface area contributed by atoms with Gasteiger partial charge in [0.25, 0.3) is 0 Å². The van der Waals surface area contributed by atoms with Crippen molar-refractivity contribution in [3.8, 4) is 0 Å². The molecule has 0 aliphatic carbocycles. The fraction of sp³-hybridized carbons (Fsp3) is 0.400. The zero-order valence-corrected chi connectivity index (χ0v) is 9.35. The number of benzene rings is 1. The Morgan fingerprint density at radius 1 is 1.15 bits per heavy atom. The molecule has 1 aromatic rings. The van der Waals surface area contributed by atoms with E-state index >= 15 is 0 Å². The van der Waals surface area contributed by atoms with Gasteiger partial charge in [0.1, 0.15) is 0 Å². The Labute approximate surface area is 80.8 Å². The van der Waals surface area contributed by atoms with E-state index in [1.165, 1.54) is 16.8 Å². The summed E-state index contributed by atoms with van der Waals surface area (Å²) in [6.45, 7) is 4.08. The molecular weight excluding hydrogens is 181 g/mol. The Morgan fingerprint density at radius 3 is 1.92 bits per heavy atom. The van der Waals surface area contributed by atoms with Gasteiger partial charge in [0.05, 0.1) is 0 Å². The predicted molar refractivity (Wildman–Crippen MR) is 57.5 cm³/mol. The number of nitrogens with zero attached hydrogens (tertiary/aromatic N) is 1. The van der Waals surface area contributed by atoms with Crippen molar-refractivity contribution in [1.29, 1.82) is 0 Å². The molecule has 13 heavy (non-hydrogen) atoms. The highest BCUT2D eigenvalue weighted by atomic mass is 31.1. The summed E-state index contributed by atoms with van der Waals surface area (Å²) in [5.41, 5.74) is 3.55. The lowest BCUT2D eigenvalue weighted by Crippen LogP contribution is -2.13. The van der Waals surface area contributed by atoms with E-state index in [-0.39, 0.29) is 8.46 Å². The van der Waals surface area contributed by atoms with Crippen molar-refractivity contribution in [2.45, 2.75) is 13.8 Å². The first-order valence-electron chi connectivity index (χ1n) is 4.18. The minimum atomic E-state index is 0.0966. The summed E-state index contributed by atoms with van der Waals surface area (Å²) in [5, 5.41) is 0.848. The molecule has 0 atom stereocenters. The lowest BCUT2D eigenvalue weighted by Gasteiger charge is -2.18. The lowest BCUT2D eigenvalue weighted by molar-refractivity contribution is 0.603. The fourth-order valence-electron chi connectivity index (χ4n) is 1.69. The second-order valence-corrected chi connectivity index (χ2v) is 4.11. The van der Waals surface area contributed by atoms with Crippen LogP contribution in [0.4, 0.5) is 5.69 Å². The molecule has 1 rings (SSSR count). The third-order valence-electron chi connectivity index (χ3n) is 2.03. The molecule has 2 nitrogen and oxygen atoms in total. The maximum Gasteiger partial charge on any atom is 0.192 e. The van der Waals surface area contributed by atoms with Crippen molar-refractivity contribution < 1.29 is 4.57 Å². The molecule has 0 radical (unpaired) electrons. The Bertz CT molecular complexity index is 311. The summed E-state index contributed by atoms with van der Waals surface area (Å²) >= 11 is 0. The monoisotopic (exact) mass is 195 g/mol. The van der Waals surface area contributed by atoms with Gasteiger partial charge in [0.2, 0.25) is 0 Å². The van der Waals surface area contributed by atoms with Crippen LogP contribution < -0.4 is 10.2 Å². The molecule has 0 fully saturated rings. The van der Waals surface area contributed by atoms with Gasteiger partial charge >= 0.3 is 0 Å². The normalized spacial score (nSPS) is 10.5. The standard InChI is InChI=1S/C10H14NOP/c1-7-5-9(13-12)6-8(2)10(7)11(3)4/h5-6H,1-4H3. The highest BCUT2D eigenvalue weighted by Gasteiger charge is 2.06. The average molecular weight is 195 g/mol. The van der Waals surface area contributed by atoms with Gasteiger partial charge in [-0.1, -0.05) is 0 Å². The van der Waals surface area contributed by atoms with E-state index in [0.29, 0.717) is 0 Å². The van der Waals surface area contributed by atoms with Crippen LogP contribution in [-0.2, 0) is 4.57 Å². The van der Waals surface area contributed by atoms with Crippen LogP contribution in [0, 0.1) is 13.8 Å². The van der Waals surface area contributed by atoms with Crippen LogP contribution in [0.2, 0.25) is 0 Å². The second-order valence-electron chi connectivity index (χ2n) is 3.41. The van der Waals surface area contributed by atoms with E-state index in [1.807, 2.05) is 40.1 Å². The van der Waals surface area contributed by atoms with Gasteiger partial charge < -0.3 is 4.90 Å². The summed E-state index contributed by atoms with van der Waals surface area (Å²) in [4.78, 5) is 2.08. The third-order valence-corrected chi connectivity index (χ3v) is 2.50.